The highest BCUT2D eigenvalue weighted by Crippen LogP contribution is 2.58. The summed E-state index contributed by atoms with van der Waals surface area (Å²) >= 11 is 0. The van der Waals surface area contributed by atoms with Gasteiger partial charge in [0.1, 0.15) is 5.54 Å². The number of carboxylic acid groups (broad SMARTS) is 1. The monoisotopic (exact) mass is 185 g/mol. The largest absolute Gasteiger partial charge is 0.479 e. The average molecular weight is 185 g/mol. The molecule has 2 atom stereocenters. The fraction of sp³-hybridized carbons (Fsp3) is 0.778. The maximum absolute atomic E-state index is 11.0. The smallest absolute Gasteiger partial charge is 0.330 e. The van der Waals surface area contributed by atoms with Gasteiger partial charge in [-0.3, -0.25) is 4.79 Å². The zero-order valence-corrected chi connectivity index (χ0v) is 8.18. The van der Waals surface area contributed by atoms with Crippen molar-refractivity contribution < 1.29 is 14.7 Å². The number of hydrogen-bond donors (Lipinski definition) is 2. The number of rotatable bonds is 3. The van der Waals surface area contributed by atoms with E-state index in [0.717, 1.165) is 6.42 Å². The fourth-order valence-corrected chi connectivity index (χ4v) is 1.85. The van der Waals surface area contributed by atoms with Crippen LogP contribution in [0.25, 0.3) is 0 Å². The Morgan fingerprint density at radius 2 is 2.08 bits per heavy atom. The first-order chi connectivity index (χ1) is 5.88. The maximum atomic E-state index is 11.0. The van der Waals surface area contributed by atoms with Crippen molar-refractivity contribution in [2.75, 3.05) is 0 Å². The van der Waals surface area contributed by atoms with Gasteiger partial charge in [0.2, 0.25) is 5.91 Å². The van der Waals surface area contributed by atoms with Crippen LogP contribution in [0.4, 0.5) is 0 Å². The summed E-state index contributed by atoms with van der Waals surface area (Å²) in [5.74, 6) is -1.20. The van der Waals surface area contributed by atoms with Crippen LogP contribution in [0.2, 0.25) is 0 Å². The summed E-state index contributed by atoms with van der Waals surface area (Å²) in [6, 6.07) is 0. The molecular weight excluding hydrogens is 170 g/mol. The molecule has 1 rings (SSSR count). The van der Waals surface area contributed by atoms with Crippen LogP contribution in [-0.2, 0) is 9.59 Å². The summed E-state index contributed by atoms with van der Waals surface area (Å²) in [6.45, 7) is 5.17. The minimum absolute atomic E-state index is 0.273. The van der Waals surface area contributed by atoms with Gasteiger partial charge in [0, 0.05) is 12.3 Å². The summed E-state index contributed by atoms with van der Waals surface area (Å²) in [7, 11) is 0. The topological polar surface area (TPSA) is 66.4 Å². The van der Waals surface area contributed by atoms with Crippen molar-refractivity contribution in [2.24, 2.45) is 5.41 Å². The Balaban J connectivity index is 2.83. The van der Waals surface area contributed by atoms with Crippen LogP contribution in [0.1, 0.15) is 33.6 Å². The second-order valence-corrected chi connectivity index (χ2v) is 3.98. The molecule has 4 heteroatoms. The lowest BCUT2D eigenvalue weighted by atomic mass is 9.99. The Bertz CT molecular complexity index is 264. The summed E-state index contributed by atoms with van der Waals surface area (Å²) < 4.78 is 0. The molecule has 0 bridgehead atoms. The molecule has 0 spiro atoms. The number of amides is 1. The molecule has 0 radical (unpaired) electrons. The summed E-state index contributed by atoms with van der Waals surface area (Å²) in [5, 5.41) is 11.5. The molecule has 1 aliphatic rings. The third-order valence-corrected chi connectivity index (χ3v) is 3.10. The summed E-state index contributed by atoms with van der Waals surface area (Å²) in [4.78, 5) is 21.8. The van der Waals surface area contributed by atoms with Gasteiger partial charge in [-0.25, -0.2) is 4.79 Å². The van der Waals surface area contributed by atoms with Gasteiger partial charge in [0.05, 0.1) is 0 Å². The summed E-state index contributed by atoms with van der Waals surface area (Å²) in [6.07, 6.45) is 1.30. The van der Waals surface area contributed by atoms with Gasteiger partial charge < -0.3 is 10.4 Å². The van der Waals surface area contributed by atoms with Crippen LogP contribution >= 0.6 is 0 Å². The van der Waals surface area contributed by atoms with Gasteiger partial charge in [-0.1, -0.05) is 13.8 Å². The molecule has 4 nitrogen and oxygen atoms in total. The summed E-state index contributed by atoms with van der Waals surface area (Å²) in [5.41, 5.74) is -1.28. The van der Waals surface area contributed by atoms with Crippen LogP contribution in [0.5, 0.6) is 0 Å². The molecule has 0 aliphatic heterocycles. The average Bonchev–Trinajstić information content (AvgIpc) is 2.58. The van der Waals surface area contributed by atoms with Gasteiger partial charge in [-0.05, 0) is 12.8 Å². The van der Waals surface area contributed by atoms with Crippen LogP contribution in [0, 0.1) is 5.41 Å². The lowest BCUT2D eigenvalue weighted by Gasteiger charge is -2.18. The van der Waals surface area contributed by atoms with Crippen LogP contribution < -0.4 is 5.32 Å². The van der Waals surface area contributed by atoms with E-state index in [1.165, 1.54) is 6.92 Å². The van der Waals surface area contributed by atoms with E-state index in [2.05, 4.69) is 5.32 Å². The zero-order valence-electron chi connectivity index (χ0n) is 8.18. The van der Waals surface area contributed by atoms with E-state index in [1.807, 2.05) is 13.8 Å². The van der Waals surface area contributed by atoms with Gasteiger partial charge >= 0.3 is 5.97 Å². The van der Waals surface area contributed by atoms with E-state index >= 15 is 0 Å². The minimum Gasteiger partial charge on any atom is -0.479 e. The molecule has 74 valence electrons. The van der Waals surface area contributed by atoms with E-state index in [1.54, 1.807) is 0 Å². The quantitative estimate of drug-likeness (QED) is 0.682. The van der Waals surface area contributed by atoms with Gasteiger partial charge in [-0.15, -0.1) is 0 Å². The van der Waals surface area contributed by atoms with Crippen molar-refractivity contribution in [1.29, 1.82) is 0 Å². The lowest BCUT2D eigenvalue weighted by Crippen LogP contribution is -2.46. The van der Waals surface area contributed by atoms with E-state index in [0.29, 0.717) is 6.42 Å². The lowest BCUT2D eigenvalue weighted by molar-refractivity contribution is -0.144. The molecule has 1 fully saturated rings. The number of hydrogen-bond acceptors (Lipinski definition) is 2. The standard InChI is InChI=1S/C9H15NO3/c1-4-8(3)5-9(8,7(12)13)10-6(2)11/h4-5H2,1-3H3,(H,10,11)(H,12,13). The molecular formula is C9H15NO3. The maximum Gasteiger partial charge on any atom is 0.330 e. The second kappa shape index (κ2) is 2.72. The molecule has 0 saturated heterocycles. The number of carboxylic acids is 1. The predicted octanol–water partition coefficient (Wildman–Crippen LogP) is 0.766. The first kappa shape index (κ1) is 10.0. The van der Waals surface area contributed by atoms with Crippen molar-refractivity contribution in [3.8, 4) is 0 Å². The fourth-order valence-electron chi connectivity index (χ4n) is 1.85. The third-order valence-electron chi connectivity index (χ3n) is 3.10. The van der Waals surface area contributed by atoms with Crippen LogP contribution in [-0.4, -0.2) is 22.5 Å². The van der Waals surface area contributed by atoms with Crippen molar-refractivity contribution in [2.45, 2.75) is 39.2 Å². The van der Waals surface area contributed by atoms with Crippen molar-refractivity contribution in [3.05, 3.63) is 0 Å². The predicted molar refractivity (Wildman–Crippen MR) is 47.2 cm³/mol. The third kappa shape index (κ3) is 1.30. The highest BCUT2D eigenvalue weighted by molar-refractivity contribution is 5.90. The van der Waals surface area contributed by atoms with Crippen molar-refractivity contribution in [3.63, 3.8) is 0 Å². The molecule has 13 heavy (non-hydrogen) atoms. The first-order valence-electron chi connectivity index (χ1n) is 4.40. The van der Waals surface area contributed by atoms with Crippen LogP contribution in [0.3, 0.4) is 0 Å². The number of aliphatic carboxylic acids is 1. The van der Waals surface area contributed by atoms with Crippen molar-refractivity contribution >= 4 is 11.9 Å². The number of carbonyl (C=O) groups is 2. The van der Waals surface area contributed by atoms with Gasteiger partial charge in [-0.2, -0.15) is 0 Å². The Morgan fingerprint density at radius 1 is 1.54 bits per heavy atom. The Kier molecular flexibility index (Phi) is 2.10. The number of carbonyl (C=O) groups excluding carboxylic acids is 1. The SMILES string of the molecule is CCC1(C)CC1(NC(C)=O)C(=O)O. The van der Waals surface area contributed by atoms with Crippen molar-refractivity contribution in [1.82, 2.24) is 5.32 Å². The van der Waals surface area contributed by atoms with E-state index in [4.69, 9.17) is 5.11 Å². The minimum atomic E-state index is -1.01. The number of nitrogens with one attached hydrogen (secondary N) is 1. The zero-order chi connectivity index (χ0) is 10.3. The normalized spacial score (nSPS) is 36.8. The molecule has 1 aliphatic carbocycles. The molecule has 0 aromatic heterocycles. The first-order valence-corrected chi connectivity index (χ1v) is 4.40. The molecule has 0 aromatic carbocycles. The Morgan fingerprint density at radius 3 is 2.31 bits per heavy atom. The molecule has 2 unspecified atom stereocenters. The molecule has 0 heterocycles. The van der Waals surface area contributed by atoms with Gasteiger partial charge in [0.25, 0.3) is 0 Å². The highest BCUT2D eigenvalue weighted by Gasteiger charge is 2.69. The molecule has 1 saturated carbocycles. The molecule has 1 amide bonds. The highest BCUT2D eigenvalue weighted by atomic mass is 16.4. The second-order valence-electron chi connectivity index (χ2n) is 3.98. The van der Waals surface area contributed by atoms with Crippen LogP contribution in [0.15, 0.2) is 0 Å². The molecule has 0 aromatic rings. The van der Waals surface area contributed by atoms with E-state index < -0.39 is 11.5 Å². The molecule has 2 N–H and O–H groups in total. The Hall–Kier alpha value is -1.06. The Labute approximate surface area is 77.3 Å². The van der Waals surface area contributed by atoms with E-state index in [9.17, 15) is 9.59 Å². The van der Waals surface area contributed by atoms with E-state index in [-0.39, 0.29) is 11.3 Å². The van der Waals surface area contributed by atoms with Gasteiger partial charge in [0.15, 0.2) is 0 Å².